The summed E-state index contributed by atoms with van der Waals surface area (Å²) in [4.78, 5) is 35.2. The van der Waals surface area contributed by atoms with Crippen LogP contribution in [0.5, 0.6) is 5.75 Å². The Morgan fingerprint density at radius 2 is 1.82 bits per heavy atom. The van der Waals surface area contributed by atoms with E-state index in [1.54, 1.807) is 25.3 Å². The second kappa shape index (κ2) is 10.3. The van der Waals surface area contributed by atoms with E-state index in [2.05, 4.69) is 10.6 Å². The smallest absolute Gasteiger partial charge is 0.338 e. The summed E-state index contributed by atoms with van der Waals surface area (Å²) in [6.07, 6.45) is -0.255. The third-order valence-corrected chi connectivity index (χ3v) is 3.60. The van der Waals surface area contributed by atoms with Crippen LogP contribution in [-0.2, 0) is 20.9 Å². The molecule has 0 spiro atoms. The van der Waals surface area contributed by atoms with Crippen LogP contribution in [0.3, 0.4) is 0 Å². The molecular weight excluding hydrogens is 362 g/mol. The first kappa shape index (κ1) is 20.5. The largest absolute Gasteiger partial charge is 0.497 e. The SMILES string of the molecule is COc1cccc(CNC(=O)COC(=O)c2ccc(NC(=O)CC#N)cc2)c1. The van der Waals surface area contributed by atoms with Gasteiger partial charge in [-0.3, -0.25) is 9.59 Å². The first-order valence-electron chi connectivity index (χ1n) is 8.35. The highest BCUT2D eigenvalue weighted by Crippen LogP contribution is 2.12. The molecule has 8 heteroatoms. The molecule has 2 amide bonds. The second-order valence-electron chi connectivity index (χ2n) is 5.66. The van der Waals surface area contributed by atoms with Crippen molar-refractivity contribution in [2.24, 2.45) is 0 Å². The van der Waals surface area contributed by atoms with Crippen LogP contribution in [-0.4, -0.2) is 31.5 Å². The number of amides is 2. The number of carbonyl (C=O) groups is 3. The van der Waals surface area contributed by atoms with E-state index in [4.69, 9.17) is 14.7 Å². The molecule has 0 aliphatic carbocycles. The minimum Gasteiger partial charge on any atom is -0.497 e. The molecule has 2 N–H and O–H groups in total. The van der Waals surface area contributed by atoms with Crippen molar-refractivity contribution in [2.45, 2.75) is 13.0 Å². The van der Waals surface area contributed by atoms with Crippen LogP contribution in [0.4, 0.5) is 5.69 Å². The molecule has 0 saturated heterocycles. The summed E-state index contributed by atoms with van der Waals surface area (Å²) >= 11 is 0. The van der Waals surface area contributed by atoms with Gasteiger partial charge < -0.3 is 20.1 Å². The molecule has 0 bridgehead atoms. The number of methoxy groups -OCH3 is 1. The standard InChI is InChI=1S/C20H19N3O5/c1-27-17-4-2-3-14(11-17)12-22-19(25)13-28-20(26)15-5-7-16(8-6-15)23-18(24)9-10-21/h2-8,11H,9,12-13H2,1H3,(H,22,25)(H,23,24). The lowest BCUT2D eigenvalue weighted by atomic mass is 10.2. The van der Waals surface area contributed by atoms with Gasteiger partial charge in [-0.05, 0) is 42.0 Å². The molecule has 0 unspecified atom stereocenters. The number of carbonyl (C=O) groups excluding carboxylic acids is 3. The van der Waals surface area contributed by atoms with Gasteiger partial charge in [0.25, 0.3) is 5.91 Å². The summed E-state index contributed by atoms with van der Waals surface area (Å²) < 4.78 is 10.1. The highest BCUT2D eigenvalue weighted by atomic mass is 16.5. The van der Waals surface area contributed by atoms with E-state index in [0.717, 1.165) is 5.56 Å². The zero-order valence-corrected chi connectivity index (χ0v) is 15.2. The van der Waals surface area contributed by atoms with Crippen LogP contribution in [0, 0.1) is 11.3 Å². The van der Waals surface area contributed by atoms with Crippen molar-refractivity contribution in [1.29, 1.82) is 5.26 Å². The van der Waals surface area contributed by atoms with Crippen molar-refractivity contribution in [1.82, 2.24) is 5.32 Å². The van der Waals surface area contributed by atoms with Gasteiger partial charge in [0.2, 0.25) is 5.91 Å². The summed E-state index contributed by atoms with van der Waals surface area (Å²) in [5.41, 5.74) is 1.54. The third-order valence-electron chi connectivity index (χ3n) is 3.60. The summed E-state index contributed by atoms with van der Waals surface area (Å²) in [5.74, 6) is -0.848. The molecule has 0 aromatic heterocycles. The maximum absolute atomic E-state index is 12.0. The van der Waals surface area contributed by atoms with E-state index in [9.17, 15) is 14.4 Å². The van der Waals surface area contributed by atoms with Gasteiger partial charge in [0.15, 0.2) is 6.61 Å². The van der Waals surface area contributed by atoms with Gasteiger partial charge in [-0.25, -0.2) is 4.79 Å². The maximum atomic E-state index is 12.0. The van der Waals surface area contributed by atoms with Gasteiger partial charge in [-0.2, -0.15) is 5.26 Å². The van der Waals surface area contributed by atoms with E-state index >= 15 is 0 Å². The number of nitrogens with one attached hydrogen (secondary N) is 2. The molecule has 2 aromatic carbocycles. The lowest BCUT2D eigenvalue weighted by Gasteiger charge is -2.08. The minimum absolute atomic E-state index is 0.235. The number of esters is 1. The van der Waals surface area contributed by atoms with E-state index in [-0.39, 0.29) is 18.5 Å². The Labute approximate surface area is 162 Å². The van der Waals surface area contributed by atoms with Gasteiger partial charge in [0.1, 0.15) is 12.2 Å². The van der Waals surface area contributed by atoms with Crippen LogP contribution in [0.15, 0.2) is 48.5 Å². The van der Waals surface area contributed by atoms with Crippen molar-refractivity contribution in [3.63, 3.8) is 0 Å². The molecule has 0 atom stereocenters. The number of rotatable bonds is 8. The molecular formula is C20H19N3O5. The molecule has 0 aliphatic heterocycles. The Balaban J connectivity index is 1.78. The van der Waals surface area contributed by atoms with E-state index < -0.39 is 24.4 Å². The van der Waals surface area contributed by atoms with E-state index in [1.165, 1.54) is 24.3 Å². The summed E-state index contributed by atoms with van der Waals surface area (Å²) in [6.45, 7) is -0.131. The molecule has 28 heavy (non-hydrogen) atoms. The Kier molecular flexibility index (Phi) is 7.54. The molecule has 144 valence electrons. The topological polar surface area (TPSA) is 118 Å². The van der Waals surface area contributed by atoms with Gasteiger partial charge in [0, 0.05) is 12.2 Å². The summed E-state index contributed by atoms with van der Waals surface area (Å²) in [5, 5.41) is 13.6. The van der Waals surface area contributed by atoms with Gasteiger partial charge >= 0.3 is 5.97 Å². The number of anilines is 1. The molecule has 0 radical (unpaired) electrons. The molecule has 0 saturated carbocycles. The van der Waals surface area contributed by atoms with Gasteiger partial charge in [0.05, 0.1) is 18.7 Å². The van der Waals surface area contributed by atoms with Crippen LogP contribution in [0.2, 0.25) is 0 Å². The van der Waals surface area contributed by atoms with Crippen molar-refractivity contribution < 1.29 is 23.9 Å². The van der Waals surface area contributed by atoms with Crippen molar-refractivity contribution in [3.8, 4) is 11.8 Å². The average Bonchev–Trinajstić information content (AvgIpc) is 2.71. The number of hydrogen-bond donors (Lipinski definition) is 2. The van der Waals surface area contributed by atoms with Crippen molar-refractivity contribution in [3.05, 3.63) is 59.7 Å². The first-order valence-corrected chi connectivity index (χ1v) is 8.35. The Morgan fingerprint density at radius 1 is 1.07 bits per heavy atom. The zero-order valence-electron chi connectivity index (χ0n) is 15.2. The Bertz CT molecular complexity index is 887. The fourth-order valence-electron chi connectivity index (χ4n) is 2.22. The molecule has 0 aliphatic rings. The molecule has 2 rings (SSSR count). The normalized spacial score (nSPS) is 9.71. The molecule has 0 fully saturated rings. The van der Waals surface area contributed by atoms with Crippen LogP contribution >= 0.6 is 0 Å². The fraction of sp³-hybridized carbons (Fsp3) is 0.200. The lowest BCUT2D eigenvalue weighted by Crippen LogP contribution is -2.28. The number of nitriles is 1. The maximum Gasteiger partial charge on any atom is 0.338 e. The van der Waals surface area contributed by atoms with Crippen molar-refractivity contribution >= 4 is 23.5 Å². The van der Waals surface area contributed by atoms with Crippen LogP contribution in [0.1, 0.15) is 22.3 Å². The summed E-state index contributed by atoms with van der Waals surface area (Å²) in [6, 6.07) is 14.9. The van der Waals surface area contributed by atoms with E-state index in [1.807, 2.05) is 12.1 Å². The monoisotopic (exact) mass is 381 g/mol. The predicted octanol–water partition coefficient (Wildman–Crippen LogP) is 2.02. The number of benzene rings is 2. The minimum atomic E-state index is -0.661. The molecule has 0 heterocycles. The van der Waals surface area contributed by atoms with Gasteiger partial charge in [-0.15, -0.1) is 0 Å². The van der Waals surface area contributed by atoms with E-state index in [0.29, 0.717) is 11.4 Å². The lowest BCUT2D eigenvalue weighted by molar-refractivity contribution is -0.124. The second-order valence-corrected chi connectivity index (χ2v) is 5.66. The number of hydrogen-bond acceptors (Lipinski definition) is 6. The quantitative estimate of drug-likeness (QED) is 0.676. The highest BCUT2D eigenvalue weighted by Gasteiger charge is 2.11. The number of nitrogens with zero attached hydrogens (tertiary/aromatic N) is 1. The number of ether oxygens (including phenoxy) is 2. The van der Waals surface area contributed by atoms with Gasteiger partial charge in [-0.1, -0.05) is 12.1 Å². The molecule has 2 aromatic rings. The molecule has 8 nitrogen and oxygen atoms in total. The summed E-state index contributed by atoms with van der Waals surface area (Å²) in [7, 11) is 1.56. The van der Waals surface area contributed by atoms with Crippen LogP contribution < -0.4 is 15.4 Å². The first-order chi connectivity index (χ1) is 13.5. The Hall–Kier alpha value is -3.86. The van der Waals surface area contributed by atoms with Crippen LogP contribution in [0.25, 0.3) is 0 Å². The predicted molar refractivity (Wildman–Crippen MR) is 100 cm³/mol. The highest BCUT2D eigenvalue weighted by molar-refractivity contribution is 5.94. The zero-order chi connectivity index (χ0) is 20.4. The third kappa shape index (κ3) is 6.46. The average molecular weight is 381 g/mol. The Morgan fingerprint density at radius 3 is 2.50 bits per heavy atom. The van der Waals surface area contributed by atoms with Crippen molar-refractivity contribution in [2.75, 3.05) is 19.0 Å². The fourth-order valence-corrected chi connectivity index (χ4v) is 2.22.